The van der Waals surface area contributed by atoms with Crippen LogP contribution < -0.4 is 5.32 Å². The lowest BCUT2D eigenvalue weighted by atomic mass is 9.98. The minimum Gasteiger partial charge on any atom is -0.472 e. The zero-order chi connectivity index (χ0) is 19.5. The number of alkyl carbamates (subject to hydrolysis) is 1. The summed E-state index contributed by atoms with van der Waals surface area (Å²) in [6.45, 7) is 0.0588. The van der Waals surface area contributed by atoms with E-state index in [0.29, 0.717) is 5.56 Å². The Bertz CT molecular complexity index is 908. The summed E-state index contributed by atoms with van der Waals surface area (Å²) in [6.07, 6.45) is -0.197. The number of amides is 1. The smallest absolute Gasteiger partial charge is 0.407 e. The zero-order valence-corrected chi connectivity index (χ0v) is 15.1. The number of rotatable bonds is 6. The second-order valence-electron chi connectivity index (χ2n) is 6.78. The molecule has 3 N–H and O–H groups in total. The Labute approximate surface area is 162 Å². The normalized spacial score (nSPS) is 14.8. The van der Waals surface area contributed by atoms with Crippen molar-refractivity contribution in [3.8, 4) is 11.1 Å². The van der Waals surface area contributed by atoms with Crippen LogP contribution in [0.3, 0.4) is 0 Å². The molecule has 0 fully saturated rings. The molecule has 6 nitrogen and oxygen atoms in total. The summed E-state index contributed by atoms with van der Waals surface area (Å²) >= 11 is 0. The lowest BCUT2D eigenvalue weighted by molar-refractivity contribution is 0.0182. The molecule has 0 spiro atoms. The molecule has 0 radical (unpaired) electrons. The van der Waals surface area contributed by atoms with Gasteiger partial charge in [-0.15, -0.1) is 0 Å². The van der Waals surface area contributed by atoms with Crippen LogP contribution >= 0.6 is 0 Å². The molecule has 1 aliphatic carbocycles. The minimum atomic E-state index is -1.17. The van der Waals surface area contributed by atoms with Gasteiger partial charge < -0.3 is 24.7 Å². The number of fused-ring (bicyclic) bond motifs is 3. The van der Waals surface area contributed by atoms with Crippen molar-refractivity contribution >= 4 is 6.09 Å². The van der Waals surface area contributed by atoms with Gasteiger partial charge in [0.2, 0.25) is 0 Å². The fraction of sp³-hybridized carbons (Fsp3) is 0.227. The number of aliphatic hydroxyl groups is 2. The van der Waals surface area contributed by atoms with Crippen molar-refractivity contribution in [2.45, 2.75) is 18.1 Å². The Morgan fingerprint density at radius 2 is 1.68 bits per heavy atom. The summed E-state index contributed by atoms with van der Waals surface area (Å²) in [5.41, 5.74) is 5.03. The molecule has 2 unspecified atom stereocenters. The second kappa shape index (κ2) is 7.88. The number of hydrogen-bond donors (Lipinski definition) is 3. The van der Waals surface area contributed by atoms with Crippen LogP contribution in [0.15, 0.2) is 71.5 Å². The molecule has 1 aromatic heterocycles. The van der Waals surface area contributed by atoms with Crippen molar-refractivity contribution in [3.05, 3.63) is 83.8 Å². The third kappa shape index (κ3) is 3.52. The largest absolute Gasteiger partial charge is 0.472 e. The molecule has 2 aromatic carbocycles. The van der Waals surface area contributed by atoms with Crippen molar-refractivity contribution in [1.29, 1.82) is 0 Å². The molecule has 2 atom stereocenters. The van der Waals surface area contributed by atoms with Gasteiger partial charge in [-0.25, -0.2) is 4.79 Å². The van der Waals surface area contributed by atoms with Crippen LogP contribution in [0.25, 0.3) is 11.1 Å². The minimum absolute atomic E-state index is 0.0282. The Hall–Kier alpha value is -3.09. The monoisotopic (exact) mass is 379 g/mol. The number of carbonyl (C=O) groups is 1. The van der Waals surface area contributed by atoms with Crippen molar-refractivity contribution in [2.75, 3.05) is 13.2 Å². The Kier molecular flexibility index (Phi) is 5.14. The van der Waals surface area contributed by atoms with E-state index in [1.807, 2.05) is 36.4 Å². The Balaban J connectivity index is 1.35. The number of benzene rings is 2. The Morgan fingerprint density at radius 3 is 2.29 bits per heavy atom. The first-order valence-corrected chi connectivity index (χ1v) is 9.12. The van der Waals surface area contributed by atoms with Gasteiger partial charge in [-0.3, -0.25) is 0 Å². The fourth-order valence-corrected chi connectivity index (χ4v) is 3.61. The van der Waals surface area contributed by atoms with Crippen molar-refractivity contribution in [1.82, 2.24) is 5.32 Å². The molecule has 0 saturated carbocycles. The summed E-state index contributed by atoms with van der Waals surface area (Å²) in [7, 11) is 0. The number of furan rings is 1. The highest BCUT2D eigenvalue weighted by Crippen LogP contribution is 2.44. The first-order chi connectivity index (χ1) is 13.6. The highest BCUT2D eigenvalue weighted by molar-refractivity contribution is 5.79. The second-order valence-corrected chi connectivity index (χ2v) is 6.78. The SMILES string of the molecule is O=C(NCC(O)C(O)c1ccoc1)OCC1c2ccccc2-c2ccccc21. The first-order valence-electron chi connectivity index (χ1n) is 9.12. The number of aliphatic hydroxyl groups excluding tert-OH is 2. The van der Waals surface area contributed by atoms with Gasteiger partial charge >= 0.3 is 6.09 Å². The molecule has 0 bridgehead atoms. The molecule has 28 heavy (non-hydrogen) atoms. The quantitative estimate of drug-likeness (QED) is 0.612. The highest BCUT2D eigenvalue weighted by Gasteiger charge is 2.29. The van der Waals surface area contributed by atoms with Crippen molar-refractivity contribution < 1.29 is 24.2 Å². The van der Waals surface area contributed by atoms with E-state index in [1.54, 1.807) is 6.07 Å². The van der Waals surface area contributed by atoms with Crippen molar-refractivity contribution in [3.63, 3.8) is 0 Å². The van der Waals surface area contributed by atoms with Gasteiger partial charge in [-0.2, -0.15) is 0 Å². The molecule has 0 saturated heterocycles. The van der Waals surface area contributed by atoms with Crippen LogP contribution in [0.5, 0.6) is 0 Å². The predicted octanol–water partition coefficient (Wildman–Crippen LogP) is 3.21. The molecule has 0 aliphatic heterocycles. The maximum atomic E-state index is 12.1. The number of hydrogen-bond acceptors (Lipinski definition) is 5. The van der Waals surface area contributed by atoms with Gasteiger partial charge in [-0.05, 0) is 28.3 Å². The molecule has 1 heterocycles. The van der Waals surface area contributed by atoms with Crippen LogP contribution in [0.1, 0.15) is 28.7 Å². The van der Waals surface area contributed by atoms with Gasteiger partial charge in [0.05, 0.1) is 12.5 Å². The summed E-state index contributed by atoms with van der Waals surface area (Å²) in [5, 5.41) is 22.5. The van der Waals surface area contributed by atoms with Gasteiger partial charge in [-0.1, -0.05) is 48.5 Å². The first kappa shape index (κ1) is 18.3. The van der Waals surface area contributed by atoms with E-state index in [0.717, 1.165) is 22.3 Å². The molecule has 6 heteroatoms. The van der Waals surface area contributed by atoms with E-state index < -0.39 is 18.3 Å². The average molecular weight is 379 g/mol. The average Bonchev–Trinajstić information content (AvgIpc) is 3.37. The van der Waals surface area contributed by atoms with Gasteiger partial charge in [0, 0.05) is 18.0 Å². The van der Waals surface area contributed by atoms with E-state index >= 15 is 0 Å². The maximum Gasteiger partial charge on any atom is 0.407 e. The topological polar surface area (TPSA) is 91.9 Å². The molecule has 3 aromatic rings. The van der Waals surface area contributed by atoms with Crippen LogP contribution in [0, 0.1) is 0 Å². The lowest BCUT2D eigenvalue weighted by Crippen LogP contribution is -2.36. The number of nitrogens with one attached hydrogen (secondary N) is 1. The van der Waals surface area contributed by atoms with E-state index in [2.05, 4.69) is 17.4 Å². The third-order valence-corrected chi connectivity index (χ3v) is 5.05. The van der Waals surface area contributed by atoms with Crippen molar-refractivity contribution in [2.24, 2.45) is 0 Å². The van der Waals surface area contributed by atoms with Crippen LogP contribution in [-0.4, -0.2) is 35.6 Å². The molecular formula is C22H21NO5. The van der Waals surface area contributed by atoms with Gasteiger partial charge in [0.1, 0.15) is 18.8 Å². The molecule has 1 aliphatic rings. The van der Waals surface area contributed by atoms with Gasteiger partial charge in [0.25, 0.3) is 0 Å². The standard InChI is InChI=1S/C22H21NO5/c24-20(21(25)14-9-10-27-12-14)11-23-22(26)28-13-19-17-7-3-1-5-15(17)16-6-2-4-8-18(16)19/h1-10,12,19-21,24-25H,11,13H2,(H,23,26). The third-order valence-electron chi connectivity index (χ3n) is 5.05. The van der Waals surface area contributed by atoms with Crippen LogP contribution in [-0.2, 0) is 4.74 Å². The van der Waals surface area contributed by atoms with E-state index in [4.69, 9.17) is 9.15 Å². The molecule has 4 rings (SSSR count). The van der Waals surface area contributed by atoms with Gasteiger partial charge in [0.15, 0.2) is 0 Å². The number of carbonyl (C=O) groups excluding carboxylic acids is 1. The van der Waals surface area contributed by atoms with E-state index in [1.165, 1.54) is 12.5 Å². The molecular weight excluding hydrogens is 358 g/mol. The molecule has 144 valence electrons. The summed E-state index contributed by atoms with van der Waals surface area (Å²) in [4.78, 5) is 12.1. The fourth-order valence-electron chi connectivity index (χ4n) is 3.61. The Morgan fingerprint density at radius 1 is 1.04 bits per heavy atom. The zero-order valence-electron chi connectivity index (χ0n) is 15.1. The predicted molar refractivity (Wildman–Crippen MR) is 103 cm³/mol. The van der Waals surface area contributed by atoms with E-state index in [-0.39, 0.29) is 19.1 Å². The highest BCUT2D eigenvalue weighted by atomic mass is 16.5. The summed E-state index contributed by atoms with van der Waals surface area (Å²) < 4.78 is 10.3. The van der Waals surface area contributed by atoms with Crippen LogP contribution in [0.4, 0.5) is 4.79 Å². The summed E-state index contributed by atoms with van der Waals surface area (Å²) in [6, 6.07) is 17.7. The van der Waals surface area contributed by atoms with E-state index in [9.17, 15) is 15.0 Å². The molecule has 1 amide bonds. The number of ether oxygens (including phenoxy) is 1. The van der Waals surface area contributed by atoms with Crippen LogP contribution in [0.2, 0.25) is 0 Å². The summed E-state index contributed by atoms with van der Waals surface area (Å²) in [5.74, 6) is -0.0282. The maximum absolute atomic E-state index is 12.1. The lowest BCUT2D eigenvalue weighted by Gasteiger charge is -2.18.